The molecule has 0 aromatic heterocycles. The molecule has 1 saturated heterocycles. The van der Waals surface area contributed by atoms with Gasteiger partial charge in [0.25, 0.3) is 0 Å². The molecule has 0 bridgehead atoms. The maximum absolute atomic E-state index is 9.88. The van der Waals surface area contributed by atoms with Gasteiger partial charge in [0, 0.05) is 12.0 Å². The maximum Gasteiger partial charge on any atom is 0.107 e. The molecule has 1 heterocycles. The molecule has 0 aliphatic carbocycles. The molecule has 1 fully saturated rings. The van der Waals surface area contributed by atoms with Gasteiger partial charge in [-0.1, -0.05) is 36.4 Å². The standard InChI is InChI=1S/C17H18N2O3/c20-11-17-15(21)10-16(22-17)13-8-4-5-9-14(13)19-18-12-6-2-1-3-7-12/h1-9,15-17,20-21H,10-11H2/b19-18+/t15-,16?,17+/m0/s1. The third-order valence-electron chi connectivity index (χ3n) is 3.72. The molecule has 114 valence electrons. The molecule has 1 aliphatic heterocycles. The van der Waals surface area contributed by atoms with Crippen LogP contribution in [0.3, 0.4) is 0 Å². The number of hydrogen-bond acceptors (Lipinski definition) is 5. The smallest absolute Gasteiger partial charge is 0.107 e. The Balaban J connectivity index is 1.83. The minimum Gasteiger partial charge on any atom is -0.394 e. The summed E-state index contributed by atoms with van der Waals surface area (Å²) in [6.45, 7) is -0.189. The Morgan fingerprint density at radius 3 is 2.45 bits per heavy atom. The van der Waals surface area contributed by atoms with Crippen molar-refractivity contribution in [3.8, 4) is 0 Å². The lowest BCUT2D eigenvalue weighted by Gasteiger charge is -2.13. The van der Waals surface area contributed by atoms with Crippen molar-refractivity contribution in [1.29, 1.82) is 0 Å². The number of nitrogens with zero attached hydrogens (tertiary/aromatic N) is 2. The number of rotatable bonds is 4. The average Bonchev–Trinajstić information content (AvgIpc) is 2.95. The van der Waals surface area contributed by atoms with E-state index in [1.165, 1.54) is 0 Å². The van der Waals surface area contributed by atoms with E-state index in [0.717, 1.165) is 11.3 Å². The van der Waals surface area contributed by atoms with Crippen molar-refractivity contribution in [2.45, 2.75) is 24.7 Å². The number of benzene rings is 2. The highest BCUT2D eigenvalue weighted by molar-refractivity contribution is 5.48. The van der Waals surface area contributed by atoms with Crippen LogP contribution in [0, 0.1) is 0 Å². The lowest BCUT2D eigenvalue weighted by molar-refractivity contribution is -0.0224. The van der Waals surface area contributed by atoms with Crippen LogP contribution in [0.4, 0.5) is 11.4 Å². The summed E-state index contributed by atoms with van der Waals surface area (Å²) >= 11 is 0. The van der Waals surface area contributed by atoms with Gasteiger partial charge in [-0.05, 0) is 18.2 Å². The van der Waals surface area contributed by atoms with Crippen LogP contribution in [0.15, 0.2) is 64.8 Å². The quantitative estimate of drug-likeness (QED) is 0.851. The monoisotopic (exact) mass is 298 g/mol. The van der Waals surface area contributed by atoms with Gasteiger partial charge in [0.05, 0.1) is 30.2 Å². The number of azo groups is 1. The molecule has 3 rings (SSSR count). The molecule has 2 aromatic rings. The van der Waals surface area contributed by atoms with Crippen molar-refractivity contribution < 1.29 is 14.9 Å². The first-order valence-corrected chi connectivity index (χ1v) is 7.28. The molecule has 0 spiro atoms. The molecule has 2 aromatic carbocycles. The van der Waals surface area contributed by atoms with Crippen LogP contribution in [-0.4, -0.2) is 29.0 Å². The molecular weight excluding hydrogens is 280 g/mol. The highest BCUT2D eigenvalue weighted by Gasteiger charge is 2.35. The summed E-state index contributed by atoms with van der Waals surface area (Å²) in [5.41, 5.74) is 2.36. The van der Waals surface area contributed by atoms with Crippen molar-refractivity contribution in [2.24, 2.45) is 10.2 Å². The third kappa shape index (κ3) is 3.22. The predicted molar refractivity (Wildman–Crippen MR) is 82.4 cm³/mol. The first-order chi connectivity index (χ1) is 10.8. The Bertz CT molecular complexity index is 645. The summed E-state index contributed by atoms with van der Waals surface area (Å²) in [5.74, 6) is 0. The van der Waals surface area contributed by atoms with Gasteiger partial charge in [-0.3, -0.25) is 0 Å². The first kappa shape index (κ1) is 14.8. The van der Waals surface area contributed by atoms with E-state index < -0.39 is 12.2 Å². The minimum absolute atomic E-state index is 0.189. The number of aliphatic hydroxyl groups excluding tert-OH is 2. The summed E-state index contributed by atoms with van der Waals surface area (Å²) in [4.78, 5) is 0. The van der Waals surface area contributed by atoms with Gasteiger partial charge in [-0.15, -0.1) is 0 Å². The fourth-order valence-electron chi connectivity index (χ4n) is 2.55. The second-order valence-corrected chi connectivity index (χ2v) is 5.24. The molecule has 0 saturated carbocycles. The summed E-state index contributed by atoms with van der Waals surface area (Å²) < 4.78 is 5.70. The van der Waals surface area contributed by atoms with Crippen molar-refractivity contribution in [2.75, 3.05) is 6.61 Å². The topological polar surface area (TPSA) is 74.4 Å². The largest absolute Gasteiger partial charge is 0.394 e. The second kappa shape index (κ2) is 6.79. The fraction of sp³-hybridized carbons (Fsp3) is 0.294. The van der Waals surface area contributed by atoms with Crippen LogP contribution in [0.5, 0.6) is 0 Å². The summed E-state index contributed by atoms with van der Waals surface area (Å²) in [5, 5.41) is 27.6. The molecule has 0 amide bonds. The fourth-order valence-corrected chi connectivity index (χ4v) is 2.55. The molecular formula is C17H18N2O3. The Morgan fingerprint density at radius 1 is 1.00 bits per heavy atom. The first-order valence-electron chi connectivity index (χ1n) is 7.28. The van der Waals surface area contributed by atoms with Gasteiger partial charge in [-0.25, -0.2) is 0 Å². The summed E-state index contributed by atoms with van der Waals surface area (Å²) in [7, 11) is 0. The number of hydrogen-bond donors (Lipinski definition) is 2. The van der Waals surface area contributed by atoms with E-state index in [2.05, 4.69) is 10.2 Å². The van der Waals surface area contributed by atoms with Crippen LogP contribution in [-0.2, 0) is 4.74 Å². The minimum atomic E-state index is -0.658. The molecule has 22 heavy (non-hydrogen) atoms. The van der Waals surface area contributed by atoms with Gasteiger partial charge < -0.3 is 14.9 Å². The Morgan fingerprint density at radius 2 is 1.73 bits per heavy atom. The third-order valence-corrected chi connectivity index (χ3v) is 3.72. The highest BCUT2D eigenvalue weighted by atomic mass is 16.5. The van der Waals surface area contributed by atoms with Gasteiger partial charge >= 0.3 is 0 Å². The van der Waals surface area contributed by atoms with Crippen molar-refractivity contribution in [3.63, 3.8) is 0 Å². The molecule has 5 heteroatoms. The zero-order valence-electron chi connectivity index (χ0n) is 12.0. The Hall–Kier alpha value is -2.08. The van der Waals surface area contributed by atoms with Gasteiger partial charge in [0.15, 0.2) is 0 Å². The van der Waals surface area contributed by atoms with E-state index in [1.54, 1.807) is 0 Å². The van der Waals surface area contributed by atoms with Gasteiger partial charge in [-0.2, -0.15) is 10.2 Å². The van der Waals surface area contributed by atoms with Crippen molar-refractivity contribution >= 4 is 11.4 Å². The van der Waals surface area contributed by atoms with Crippen LogP contribution < -0.4 is 0 Å². The number of aliphatic hydroxyl groups is 2. The van der Waals surface area contributed by atoms with Crippen molar-refractivity contribution in [3.05, 3.63) is 60.2 Å². The Kier molecular flexibility index (Phi) is 4.58. The summed E-state index contributed by atoms with van der Waals surface area (Å²) in [6.07, 6.45) is -1.03. The lowest BCUT2D eigenvalue weighted by Crippen LogP contribution is -2.24. The molecule has 0 radical (unpaired) electrons. The van der Waals surface area contributed by atoms with E-state index >= 15 is 0 Å². The van der Waals surface area contributed by atoms with E-state index in [1.807, 2.05) is 54.6 Å². The van der Waals surface area contributed by atoms with E-state index in [-0.39, 0.29) is 12.7 Å². The second-order valence-electron chi connectivity index (χ2n) is 5.24. The molecule has 2 N–H and O–H groups in total. The van der Waals surface area contributed by atoms with Crippen LogP contribution in [0.25, 0.3) is 0 Å². The maximum atomic E-state index is 9.88. The average molecular weight is 298 g/mol. The van der Waals surface area contributed by atoms with Crippen LogP contribution in [0.1, 0.15) is 18.1 Å². The Labute approximate surface area is 128 Å². The van der Waals surface area contributed by atoms with Gasteiger partial charge in [0.1, 0.15) is 6.10 Å². The normalized spacial score (nSPS) is 24.9. The van der Waals surface area contributed by atoms with Crippen LogP contribution >= 0.6 is 0 Å². The van der Waals surface area contributed by atoms with Crippen molar-refractivity contribution in [1.82, 2.24) is 0 Å². The van der Waals surface area contributed by atoms with Crippen LogP contribution in [0.2, 0.25) is 0 Å². The highest BCUT2D eigenvalue weighted by Crippen LogP contribution is 2.38. The lowest BCUT2D eigenvalue weighted by atomic mass is 10.0. The molecule has 1 unspecified atom stereocenters. The molecule has 5 nitrogen and oxygen atoms in total. The summed E-state index contributed by atoms with van der Waals surface area (Å²) in [6, 6.07) is 17.1. The molecule has 3 atom stereocenters. The number of ether oxygens (including phenoxy) is 1. The SMILES string of the molecule is OC[C@H]1OC(c2ccccc2/N=N/c2ccccc2)C[C@@H]1O. The predicted octanol–water partition coefficient (Wildman–Crippen LogP) is 3.29. The zero-order chi connectivity index (χ0) is 15.4. The van der Waals surface area contributed by atoms with E-state index in [9.17, 15) is 10.2 Å². The molecule has 1 aliphatic rings. The zero-order valence-corrected chi connectivity index (χ0v) is 12.0. The van der Waals surface area contributed by atoms with Gasteiger partial charge in [0.2, 0.25) is 0 Å². The van der Waals surface area contributed by atoms with E-state index in [4.69, 9.17) is 4.74 Å². The van der Waals surface area contributed by atoms with E-state index in [0.29, 0.717) is 12.1 Å².